The van der Waals surface area contributed by atoms with Gasteiger partial charge in [0.05, 0.1) is 10.6 Å². The predicted octanol–water partition coefficient (Wildman–Crippen LogP) is 4.55. The minimum atomic E-state index is -0.832. The zero-order valence-corrected chi connectivity index (χ0v) is 12.5. The van der Waals surface area contributed by atoms with E-state index in [-0.39, 0.29) is 6.61 Å². The van der Waals surface area contributed by atoms with E-state index in [1.54, 1.807) is 6.92 Å². The lowest BCUT2D eigenvalue weighted by Crippen LogP contribution is -2.31. The number of hydrogen-bond donors (Lipinski definition) is 1. The van der Waals surface area contributed by atoms with Crippen molar-refractivity contribution in [2.45, 2.75) is 25.9 Å². The summed E-state index contributed by atoms with van der Waals surface area (Å²) in [4.78, 5) is 0. The van der Waals surface area contributed by atoms with Gasteiger partial charge >= 0.3 is 0 Å². The fourth-order valence-corrected chi connectivity index (χ4v) is 2.00. The molecule has 20 heavy (non-hydrogen) atoms. The molecular formula is C17H19ClO2. The van der Waals surface area contributed by atoms with Crippen molar-refractivity contribution in [2.75, 3.05) is 6.61 Å². The maximum atomic E-state index is 9.94. The Kier molecular flexibility index (Phi) is 4.69. The van der Waals surface area contributed by atoms with E-state index in [0.717, 1.165) is 11.1 Å². The van der Waals surface area contributed by atoms with E-state index in [2.05, 4.69) is 0 Å². The van der Waals surface area contributed by atoms with Gasteiger partial charge in [-0.05, 0) is 36.6 Å². The van der Waals surface area contributed by atoms with E-state index >= 15 is 0 Å². The summed E-state index contributed by atoms with van der Waals surface area (Å²) in [6.07, 6.45) is 0.632. The molecule has 0 saturated heterocycles. The molecule has 0 saturated carbocycles. The third kappa shape index (κ3) is 3.75. The summed E-state index contributed by atoms with van der Waals surface area (Å²) in [7, 11) is 0. The number of hydrogen-bond acceptors (Lipinski definition) is 2. The molecule has 0 aliphatic heterocycles. The Morgan fingerprint density at radius 2 is 1.80 bits per heavy atom. The van der Waals surface area contributed by atoms with Gasteiger partial charge in [0.2, 0.25) is 0 Å². The van der Waals surface area contributed by atoms with E-state index < -0.39 is 5.60 Å². The summed E-state index contributed by atoms with van der Waals surface area (Å²) < 4.78 is 5.60. The highest BCUT2D eigenvalue weighted by Crippen LogP contribution is 2.30. The summed E-state index contributed by atoms with van der Waals surface area (Å²) >= 11 is 6.24. The maximum absolute atomic E-state index is 9.94. The normalized spacial score (nSPS) is 13.8. The van der Waals surface area contributed by atoms with E-state index in [1.807, 2.05) is 55.5 Å². The van der Waals surface area contributed by atoms with Crippen molar-refractivity contribution in [1.82, 2.24) is 0 Å². The number of aliphatic hydroxyl groups is 1. The summed E-state index contributed by atoms with van der Waals surface area (Å²) in [5.41, 5.74) is 1.33. The van der Waals surface area contributed by atoms with Crippen molar-refractivity contribution >= 4 is 11.6 Å². The molecule has 0 aromatic heterocycles. The zero-order chi connectivity index (χ0) is 14.6. The van der Waals surface area contributed by atoms with Gasteiger partial charge in [-0.25, -0.2) is 0 Å². The Hall–Kier alpha value is -1.51. The Morgan fingerprint density at radius 3 is 2.40 bits per heavy atom. The van der Waals surface area contributed by atoms with Crippen LogP contribution in [0, 0.1) is 0 Å². The fourth-order valence-electron chi connectivity index (χ4n) is 1.76. The largest absolute Gasteiger partial charge is 0.489 e. The maximum Gasteiger partial charge on any atom is 0.138 e. The molecule has 0 aliphatic carbocycles. The van der Waals surface area contributed by atoms with Crippen LogP contribution in [0.3, 0.4) is 0 Å². The van der Waals surface area contributed by atoms with Gasteiger partial charge in [0.1, 0.15) is 12.4 Å². The molecule has 1 N–H and O–H groups in total. The fraction of sp³-hybridized carbons (Fsp3) is 0.294. The smallest absolute Gasteiger partial charge is 0.138 e. The van der Waals surface area contributed by atoms with Gasteiger partial charge in [0.25, 0.3) is 0 Å². The topological polar surface area (TPSA) is 29.5 Å². The lowest BCUT2D eigenvalue weighted by Gasteiger charge is -2.22. The van der Waals surface area contributed by atoms with Crippen LogP contribution < -0.4 is 4.74 Å². The molecule has 2 aromatic carbocycles. The van der Waals surface area contributed by atoms with Gasteiger partial charge in [-0.3, -0.25) is 0 Å². The van der Waals surface area contributed by atoms with E-state index in [0.29, 0.717) is 17.2 Å². The van der Waals surface area contributed by atoms with Crippen LogP contribution in [0.5, 0.6) is 5.75 Å². The lowest BCUT2D eigenvalue weighted by atomic mass is 10.1. The Labute approximate surface area is 125 Å². The van der Waals surface area contributed by atoms with Crippen LogP contribution in [0.2, 0.25) is 5.02 Å². The molecule has 2 nitrogen and oxygen atoms in total. The van der Waals surface area contributed by atoms with Crippen LogP contribution in [0.15, 0.2) is 48.5 Å². The Bertz CT molecular complexity index is 564. The minimum Gasteiger partial charge on any atom is -0.489 e. The molecule has 0 spiro atoms. The molecule has 0 fully saturated rings. The molecule has 2 rings (SSSR count). The molecule has 106 valence electrons. The summed E-state index contributed by atoms with van der Waals surface area (Å²) in [5, 5.41) is 10.5. The lowest BCUT2D eigenvalue weighted by molar-refractivity contribution is 0.00851. The zero-order valence-electron chi connectivity index (χ0n) is 11.8. The van der Waals surface area contributed by atoms with Crippen molar-refractivity contribution < 1.29 is 9.84 Å². The number of rotatable bonds is 5. The predicted molar refractivity (Wildman–Crippen MR) is 83.3 cm³/mol. The van der Waals surface area contributed by atoms with Crippen molar-refractivity contribution in [3.8, 4) is 16.9 Å². The van der Waals surface area contributed by atoms with Gasteiger partial charge < -0.3 is 9.84 Å². The van der Waals surface area contributed by atoms with E-state index in [9.17, 15) is 5.11 Å². The standard InChI is InChI=1S/C17H19ClO2/c1-3-17(2,19)12-20-16-10-9-14(11-15(16)18)13-7-5-4-6-8-13/h4-11,19H,3,12H2,1-2H3. The third-order valence-electron chi connectivity index (χ3n) is 3.34. The highest BCUT2D eigenvalue weighted by molar-refractivity contribution is 6.32. The van der Waals surface area contributed by atoms with Crippen LogP contribution in [-0.2, 0) is 0 Å². The molecule has 0 aliphatic rings. The van der Waals surface area contributed by atoms with Gasteiger partial charge in [0, 0.05) is 0 Å². The molecule has 2 aromatic rings. The molecule has 0 radical (unpaired) electrons. The molecule has 0 heterocycles. The molecule has 0 bridgehead atoms. The first-order valence-electron chi connectivity index (χ1n) is 6.72. The second-order valence-corrected chi connectivity index (χ2v) is 5.56. The SMILES string of the molecule is CCC(C)(O)COc1ccc(-c2ccccc2)cc1Cl. The first kappa shape index (κ1) is 14.9. The third-order valence-corrected chi connectivity index (χ3v) is 3.63. The number of ether oxygens (including phenoxy) is 1. The molecule has 1 unspecified atom stereocenters. The Balaban J connectivity index is 2.15. The van der Waals surface area contributed by atoms with Crippen LogP contribution in [0.1, 0.15) is 20.3 Å². The van der Waals surface area contributed by atoms with E-state index in [1.165, 1.54) is 0 Å². The average Bonchev–Trinajstić information content (AvgIpc) is 2.47. The van der Waals surface area contributed by atoms with Crippen LogP contribution >= 0.6 is 11.6 Å². The van der Waals surface area contributed by atoms with Crippen molar-refractivity contribution in [2.24, 2.45) is 0 Å². The highest BCUT2D eigenvalue weighted by atomic mass is 35.5. The second-order valence-electron chi connectivity index (χ2n) is 5.15. The van der Waals surface area contributed by atoms with Gasteiger partial charge in [0.15, 0.2) is 0 Å². The van der Waals surface area contributed by atoms with Crippen molar-refractivity contribution in [3.63, 3.8) is 0 Å². The van der Waals surface area contributed by atoms with Gasteiger partial charge in [-0.1, -0.05) is 54.9 Å². The summed E-state index contributed by atoms with van der Waals surface area (Å²) in [6, 6.07) is 15.7. The molecule has 1 atom stereocenters. The van der Waals surface area contributed by atoms with Crippen molar-refractivity contribution in [3.05, 3.63) is 53.6 Å². The molecule has 0 amide bonds. The van der Waals surface area contributed by atoms with Gasteiger partial charge in [-0.15, -0.1) is 0 Å². The molecule has 3 heteroatoms. The number of benzene rings is 2. The first-order valence-corrected chi connectivity index (χ1v) is 7.10. The van der Waals surface area contributed by atoms with Crippen LogP contribution in [0.4, 0.5) is 0 Å². The summed E-state index contributed by atoms with van der Waals surface area (Å²) in [5.74, 6) is 0.597. The monoisotopic (exact) mass is 290 g/mol. The molecular weight excluding hydrogens is 272 g/mol. The van der Waals surface area contributed by atoms with Gasteiger partial charge in [-0.2, -0.15) is 0 Å². The second kappa shape index (κ2) is 6.29. The van der Waals surface area contributed by atoms with Crippen molar-refractivity contribution in [1.29, 1.82) is 0 Å². The number of halogens is 1. The highest BCUT2D eigenvalue weighted by Gasteiger charge is 2.19. The first-order chi connectivity index (χ1) is 9.52. The van der Waals surface area contributed by atoms with E-state index in [4.69, 9.17) is 16.3 Å². The van der Waals surface area contributed by atoms with Crippen LogP contribution in [-0.4, -0.2) is 17.3 Å². The quantitative estimate of drug-likeness (QED) is 0.875. The Morgan fingerprint density at radius 1 is 1.10 bits per heavy atom. The minimum absolute atomic E-state index is 0.230. The average molecular weight is 291 g/mol. The van der Waals surface area contributed by atoms with Crippen LogP contribution in [0.25, 0.3) is 11.1 Å². The summed E-state index contributed by atoms with van der Waals surface area (Å²) in [6.45, 7) is 3.90.